The van der Waals surface area contributed by atoms with Crippen molar-refractivity contribution in [2.24, 2.45) is 5.73 Å². The summed E-state index contributed by atoms with van der Waals surface area (Å²) in [5.74, 6) is -0.872. The first-order chi connectivity index (χ1) is 41.8. The third-order valence-electron chi connectivity index (χ3n) is 15.5. The zero-order valence-electron chi connectivity index (χ0n) is 55.3. The maximum Gasteiger partial charge on any atom is 0.472 e. The molecule has 0 heterocycles. The molecule has 0 rings (SSSR count). The van der Waals surface area contributed by atoms with Crippen molar-refractivity contribution < 1.29 is 37.6 Å². The van der Waals surface area contributed by atoms with Gasteiger partial charge in [-0.2, -0.15) is 0 Å². The first-order valence-electron chi connectivity index (χ1n) is 35.7. The second kappa shape index (κ2) is 70.0. The molecule has 0 aromatic rings. The summed E-state index contributed by atoms with van der Waals surface area (Å²) in [6.07, 6.45) is 95.3. The first-order valence-corrected chi connectivity index (χ1v) is 37.2. The van der Waals surface area contributed by atoms with Gasteiger partial charge in [-0.25, -0.2) is 4.57 Å². The number of nitrogens with two attached hydrogens (primary N) is 1. The molecule has 0 aliphatic heterocycles. The summed E-state index contributed by atoms with van der Waals surface area (Å²) in [5, 5.41) is 0. The molecule has 0 bridgehead atoms. The van der Waals surface area contributed by atoms with Crippen LogP contribution < -0.4 is 5.73 Å². The van der Waals surface area contributed by atoms with Crippen LogP contribution in [-0.2, 0) is 32.7 Å². The maximum atomic E-state index is 12.7. The standard InChI is InChI=1S/C75H134NO8P/c1-3-5-7-9-11-13-15-17-19-21-23-25-27-29-31-32-33-34-35-36-37-38-39-40-42-43-45-47-49-51-53-55-57-59-61-63-65-67-74(77)81-71-73(72-83-85(79,80)82-70-69-76)84-75(78)68-66-64-62-60-58-56-54-52-50-48-46-44-41-30-28-26-24-22-20-18-16-14-12-10-8-6-4-2/h6,8,12,14,18,20,24,26,30,41,46,48,52,54,58,60,73H,3-5,7,9-11,13,15-17,19,21-23,25,27-29,31-40,42-45,47,49-51,53,55-57,59,61-72,76H2,1-2H3,(H,79,80)/b8-6-,14-12-,20-18-,26-24-,41-30-,48-46-,54-52-,60-58-. The predicted octanol–water partition coefficient (Wildman–Crippen LogP) is 23.5. The number of allylic oxidation sites excluding steroid dienone is 16. The number of carbonyl (C=O) groups excluding carboxylic acids is 2. The minimum Gasteiger partial charge on any atom is -0.462 e. The van der Waals surface area contributed by atoms with Gasteiger partial charge in [-0.15, -0.1) is 0 Å². The van der Waals surface area contributed by atoms with Gasteiger partial charge in [0.1, 0.15) is 6.61 Å². The Hall–Kier alpha value is -3.07. The zero-order valence-corrected chi connectivity index (χ0v) is 56.2. The zero-order chi connectivity index (χ0) is 61.6. The molecule has 0 spiro atoms. The highest BCUT2D eigenvalue weighted by Gasteiger charge is 2.26. The third-order valence-corrected chi connectivity index (χ3v) is 16.5. The molecular weight excluding hydrogens is 1070 g/mol. The van der Waals surface area contributed by atoms with Crippen LogP contribution in [0.4, 0.5) is 0 Å². The van der Waals surface area contributed by atoms with Crippen LogP contribution in [0.5, 0.6) is 0 Å². The van der Waals surface area contributed by atoms with Gasteiger partial charge in [0, 0.05) is 19.4 Å². The molecule has 10 heteroatoms. The van der Waals surface area contributed by atoms with Crippen molar-refractivity contribution in [1.82, 2.24) is 0 Å². The number of rotatable bonds is 67. The van der Waals surface area contributed by atoms with E-state index in [0.29, 0.717) is 6.42 Å². The van der Waals surface area contributed by atoms with Crippen LogP contribution >= 0.6 is 7.82 Å². The van der Waals surface area contributed by atoms with E-state index in [2.05, 4.69) is 111 Å². The number of hydrogen-bond acceptors (Lipinski definition) is 8. The van der Waals surface area contributed by atoms with Crippen molar-refractivity contribution in [1.29, 1.82) is 0 Å². The molecule has 0 fully saturated rings. The molecule has 0 saturated carbocycles. The molecule has 492 valence electrons. The van der Waals surface area contributed by atoms with Gasteiger partial charge in [0.05, 0.1) is 13.2 Å². The number of ether oxygens (including phenoxy) is 2. The van der Waals surface area contributed by atoms with Gasteiger partial charge in [0.2, 0.25) is 0 Å². The van der Waals surface area contributed by atoms with Crippen LogP contribution in [-0.4, -0.2) is 49.3 Å². The summed E-state index contributed by atoms with van der Waals surface area (Å²) in [5.41, 5.74) is 5.40. The Kier molecular flexibility index (Phi) is 67.5. The van der Waals surface area contributed by atoms with E-state index in [0.717, 1.165) is 83.5 Å². The van der Waals surface area contributed by atoms with E-state index < -0.39 is 26.5 Å². The van der Waals surface area contributed by atoms with Crippen molar-refractivity contribution in [2.45, 2.75) is 341 Å². The minimum atomic E-state index is -4.41. The fourth-order valence-corrected chi connectivity index (χ4v) is 11.0. The van der Waals surface area contributed by atoms with Crippen molar-refractivity contribution in [3.8, 4) is 0 Å². The fourth-order valence-electron chi connectivity index (χ4n) is 10.2. The quantitative estimate of drug-likeness (QED) is 0.0264. The number of phosphoric ester groups is 1. The van der Waals surface area contributed by atoms with Crippen LogP contribution in [0.2, 0.25) is 0 Å². The smallest absolute Gasteiger partial charge is 0.462 e. The molecule has 0 radical (unpaired) electrons. The van der Waals surface area contributed by atoms with Crippen LogP contribution in [0.1, 0.15) is 335 Å². The number of unbranched alkanes of at least 4 members (excludes halogenated alkanes) is 38. The molecular formula is C75H134NO8P. The highest BCUT2D eigenvalue weighted by Crippen LogP contribution is 2.43. The molecule has 0 aliphatic rings. The Morgan fingerprint density at radius 1 is 0.365 bits per heavy atom. The molecule has 0 saturated heterocycles. The van der Waals surface area contributed by atoms with Crippen molar-refractivity contribution in [3.63, 3.8) is 0 Å². The maximum absolute atomic E-state index is 12.7. The van der Waals surface area contributed by atoms with E-state index in [1.807, 2.05) is 0 Å². The highest BCUT2D eigenvalue weighted by atomic mass is 31.2. The average Bonchev–Trinajstić information content (AvgIpc) is 3.53. The Morgan fingerprint density at radius 3 is 0.965 bits per heavy atom. The third kappa shape index (κ3) is 69.9. The molecule has 2 unspecified atom stereocenters. The first kappa shape index (κ1) is 81.9. The lowest BCUT2D eigenvalue weighted by atomic mass is 10.0. The number of hydrogen-bond donors (Lipinski definition) is 2. The molecule has 85 heavy (non-hydrogen) atoms. The van der Waals surface area contributed by atoms with Crippen molar-refractivity contribution >= 4 is 19.8 Å². The summed E-state index contributed by atoms with van der Waals surface area (Å²) in [7, 11) is -4.41. The summed E-state index contributed by atoms with van der Waals surface area (Å²) in [6, 6.07) is 0. The topological polar surface area (TPSA) is 134 Å². The lowest BCUT2D eigenvalue weighted by Crippen LogP contribution is -2.29. The van der Waals surface area contributed by atoms with Crippen molar-refractivity contribution in [3.05, 3.63) is 97.2 Å². The van der Waals surface area contributed by atoms with E-state index in [1.165, 1.54) is 218 Å². The fraction of sp³-hybridized carbons (Fsp3) is 0.760. The molecule has 0 aliphatic carbocycles. The predicted molar refractivity (Wildman–Crippen MR) is 367 cm³/mol. The molecule has 0 aromatic carbocycles. The number of esters is 2. The number of phosphoric acid groups is 1. The molecule has 9 nitrogen and oxygen atoms in total. The van der Waals surface area contributed by atoms with Crippen LogP contribution in [0.25, 0.3) is 0 Å². The van der Waals surface area contributed by atoms with E-state index >= 15 is 0 Å². The average molecular weight is 1210 g/mol. The lowest BCUT2D eigenvalue weighted by Gasteiger charge is -2.19. The summed E-state index contributed by atoms with van der Waals surface area (Å²) in [6.45, 7) is 3.62. The summed E-state index contributed by atoms with van der Waals surface area (Å²) >= 11 is 0. The number of carbonyl (C=O) groups is 2. The van der Waals surface area contributed by atoms with Gasteiger partial charge in [0.15, 0.2) is 6.10 Å². The van der Waals surface area contributed by atoms with Gasteiger partial charge < -0.3 is 20.1 Å². The minimum absolute atomic E-state index is 0.0423. The van der Waals surface area contributed by atoms with Gasteiger partial charge in [-0.1, -0.05) is 342 Å². The van der Waals surface area contributed by atoms with E-state index in [-0.39, 0.29) is 38.6 Å². The lowest BCUT2D eigenvalue weighted by molar-refractivity contribution is -0.161. The molecule has 3 N–H and O–H groups in total. The van der Waals surface area contributed by atoms with E-state index in [1.54, 1.807) is 0 Å². The Bertz CT molecular complexity index is 1720. The Balaban J connectivity index is 3.88. The van der Waals surface area contributed by atoms with Gasteiger partial charge >= 0.3 is 19.8 Å². The summed E-state index contributed by atoms with van der Waals surface area (Å²) < 4.78 is 33.1. The second-order valence-electron chi connectivity index (χ2n) is 23.7. The SMILES string of the molecule is CC/C=C\C/C=C\C/C=C\C/C=C\C/C=C\C/C=C\C/C=C\C/C=C\CCCCC(=O)OC(COC(=O)CCCCCCCCCCCCCCCCCCCCCCCCCCCCCCCCCCCCCCC)COP(=O)(O)OCCN. The second-order valence-corrected chi connectivity index (χ2v) is 25.2. The summed E-state index contributed by atoms with van der Waals surface area (Å²) in [4.78, 5) is 35.3. The van der Waals surface area contributed by atoms with E-state index in [9.17, 15) is 19.0 Å². The Labute approximate surface area is 525 Å². The van der Waals surface area contributed by atoms with Gasteiger partial charge in [0.25, 0.3) is 0 Å². The monoisotopic (exact) mass is 1210 g/mol. The van der Waals surface area contributed by atoms with Crippen LogP contribution in [0.15, 0.2) is 97.2 Å². The highest BCUT2D eigenvalue weighted by molar-refractivity contribution is 7.47. The van der Waals surface area contributed by atoms with E-state index in [4.69, 9.17) is 24.3 Å². The van der Waals surface area contributed by atoms with Crippen LogP contribution in [0.3, 0.4) is 0 Å². The normalized spacial score (nSPS) is 13.5. The molecule has 0 amide bonds. The van der Waals surface area contributed by atoms with Crippen LogP contribution in [0, 0.1) is 0 Å². The molecule has 0 aromatic heterocycles. The van der Waals surface area contributed by atoms with Crippen molar-refractivity contribution in [2.75, 3.05) is 26.4 Å². The largest absolute Gasteiger partial charge is 0.472 e. The van der Waals surface area contributed by atoms with Gasteiger partial charge in [-0.3, -0.25) is 18.6 Å². The van der Waals surface area contributed by atoms with Gasteiger partial charge in [-0.05, 0) is 77.0 Å². The molecule has 2 atom stereocenters. The Morgan fingerprint density at radius 2 is 0.647 bits per heavy atom.